The minimum Gasteiger partial charge on any atom is -0.497 e. The van der Waals surface area contributed by atoms with E-state index in [1.165, 1.54) is 17.5 Å². The van der Waals surface area contributed by atoms with Crippen molar-refractivity contribution in [3.63, 3.8) is 0 Å². The number of hydrogen-bond donors (Lipinski definition) is 2. The molecular formula is C23H24N4O2. The zero-order valence-corrected chi connectivity index (χ0v) is 16.4. The lowest BCUT2D eigenvalue weighted by atomic mass is 9.87. The number of ether oxygens (including phenoxy) is 1. The van der Waals surface area contributed by atoms with Gasteiger partial charge in [0.15, 0.2) is 0 Å². The Kier molecular flexibility index (Phi) is 5.70. The second-order valence-corrected chi connectivity index (χ2v) is 7.13. The highest BCUT2D eigenvalue weighted by molar-refractivity contribution is 5.94. The molecule has 1 heterocycles. The molecule has 0 fully saturated rings. The summed E-state index contributed by atoms with van der Waals surface area (Å²) in [6.07, 6.45) is 6.21. The number of benzene rings is 2. The van der Waals surface area contributed by atoms with Crippen LogP contribution >= 0.6 is 0 Å². The summed E-state index contributed by atoms with van der Waals surface area (Å²) in [7, 11) is 1.68. The highest BCUT2D eigenvalue weighted by Gasteiger charge is 2.22. The van der Waals surface area contributed by atoms with Gasteiger partial charge in [-0.15, -0.1) is 0 Å². The Balaban J connectivity index is 1.44. The maximum absolute atomic E-state index is 12.9. The van der Waals surface area contributed by atoms with Gasteiger partial charge in [0.2, 0.25) is 0 Å². The van der Waals surface area contributed by atoms with E-state index in [2.05, 4.69) is 32.7 Å². The molecule has 1 aromatic heterocycles. The van der Waals surface area contributed by atoms with Crippen LogP contribution in [0.4, 0.5) is 5.82 Å². The van der Waals surface area contributed by atoms with Crippen molar-refractivity contribution < 1.29 is 9.53 Å². The highest BCUT2D eigenvalue weighted by atomic mass is 16.5. The molecule has 6 heteroatoms. The van der Waals surface area contributed by atoms with Gasteiger partial charge in [0.25, 0.3) is 5.91 Å². The number of anilines is 1. The van der Waals surface area contributed by atoms with Crippen LogP contribution in [-0.2, 0) is 13.0 Å². The van der Waals surface area contributed by atoms with Crippen molar-refractivity contribution in [1.82, 2.24) is 15.3 Å². The fourth-order valence-electron chi connectivity index (χ4n) is 3.72. The van der Waals surface area contributed by atoms with Gasteiger partial charge in [0.05, 0.1) is 13.2 Å². The van der Waals surface area contributed by atoms with Crippen LogP contribution in [0, 0.1) is 0 Å². The topological polar surface area (TPSA) is 76.1 Å². The lowest BCUT2D eigenvalue weighted by Gasteiger charge is -2.27. The first-order valence-corrected chi connectivity index (χ1v) is 9.79. The second-order valence-electron chi connectivity index (χ2n) is 7.13. The lowest BCUT2D eigenvalue weighted by Crippen LogP contribution is -2.31. The fraction of sp³-hybridized carbons (Fsp3) is 0.261. The molecule has 2 N–H and O–H groups in total. The Bertz CT molecular complexity index is 991. The smallest absolute Gasteiger partial charge is 0.251 e. The van der Waals surface area contributed by atoms with Crippen molar-refractivity contribution in [2.45, 2.75) is 31.8 Å². The van der Waals surface area contributed by atoms with E-state index in [0.29, 0.717) is 12.1 Å². The minimum atomic E-state index is -0.0532. The number of aryl methyl sites for hydroxylation is 1. The summed E-state index contributed by atoms with van der Waals surface area (Å²) in [6, 6.07) is 15.6. The van der Waals surface area contributed by atoms with Gasteiger partial charge < -0.3 is 15.4 Å². The number of carbonyl (C=O) groups excluding carboxylic acids is 1. The molecule has 1 unspecified atom stereocenters. The number of carbonyl (C=O) groups is 1. The Labute approximate surface area is 170 Å². The molecule has 2 aromatic carbocycles. The van der Waals surface area contributed by atoms with E-state index >= 15 is 0 Å². The van der Waals surface area contributed by atoms with Gasteiger partial charge in [0, 0.05) is 18.3 Å². The molecule has 0 saturated heterocycles. The molecule has 148 valence electrons. The first-order chi connectivity index (χ1) is 14.2. The summed E-state index contributed by atoms with van der Waals surface area (Å²) >= 11 is 0. The molecule has 1 aliphatic rings. The van der Waals surface area contributed by atoms with Gasteiger partial charge in [-0.1, -0.05) is 18.2 Å². The van der Waals surface area contributed by atoms with E-state index in [9.17, 15) is 4.79 Å². The normalized spacial score (nSPS) is 15.3. The van der Waals surface area contributed by atoms with E-state index in [1.807, 2.05) is 36.4 Å². The van der Waals surface area contributed by atoms with E-state index in [-0.39, 0.29) is 11.9 Å². The van der Waals surface area contributed by atoms with E-state index < -0.39 is 0 Å². The Morgan fingerprint density at radius 1 is 1.21 bits per heavy atom. The van der Waals surface area contributed by atoms with Crippen molar-refractivity contribution in [1.29, 1.82) is 0 Å². The zero-order chi connectivity index (χ0) is 20.1. The molecule has 1 atom stereocenters. The summed E-state index contributed by atoms with van der Waals surface area (Å²) in [5.41, 5.74) is 4.12. The van der Waals surface area contributed by atoms with Crippen molar-refractivity contribution in [2.75, 3.05) is 12.4 Å². The highest BCUT2D eigenvalue weighted by Crippen LogP contribution is 2.32. The van der Waals surface area contributed by atoms with Crippen LogP contribution in [0.2, 0.25) is 0 Å². The minimum absolute atomic E-state index is 0.0277. The molecule has 0 radical (unpaired) electrons. The first kappa shape index (κ1) is 18.9. The van der Waals surface area contributed by atoms with Crippen LogP contribution in [0.1, 0.15) is 45.9 Å². The quantitative estimate of drug-likeness (QED) is 0.670. The van der Waals surface area contributed by atoms with E-state index in [1.54, 1.807) is 13.3 Å². The number of nitrogens with one attached hydrogen (secondary N) is 2. The zero-order valence-electron chi connectivity index (χ0n) is 16.4. The van der Waals surface area contributed by atoms with Crippen LogP contribution < -0.4 is 15.4 Å². The van der Waals surface area contributed by atoms with Crippen LogP contribution in [0.25, 0.3) is 0 Å². The molecule has 29 heavy (non-hydrogen) atoms. The van der Waals surface area contributed by atoms with Gasteiger partial charge in [-0.2, -0.15) is 0 Å². The summed E-state index contributed by atoms with van der Waals surface area (Å²) in [5, 5.41) is 6.45. The Morgan fingerprint density at radius 3 is 2.97 bits per heavy atom. The third-order valence-electron chi connectivity index (χ3n) is 5.21. The van der Waals surface area contributed by atoms with Gasteiger partial charge in [-0.05, 0) is 66.3 Å². The van der Waals surface area contributed by atoms with Crippen molar-refractivity contribution in [3.8, 4) is 5.75 Å². The number of aromatic nitrogens is 2. The number of amides is 1. The number of nitrogens with zero attached hydrogens (tertiary/aromatic N) is 2. The number of fused-ring (bicyclic) bond motifs is 1. The number of methoxy groups -OCH3 is 1. The molecule has 6 nitrogen and oxygen atoms in total. The van der Waals surface area contributed by atoms with Crippen molar-refractivity contribution >= 4 is 11.7 Å². The van der Waals surface area contributed by atoms with Gasteiger partial charge in [0.1, 0.15) is 17.9 Å². The standard InChI is InChI=1S/C23H24N4O2/c1-29-19-8-9-20-17(13-19)5-3-7-21(20)27-23(28)18-6-2-4-16(12-18)14-25-22-10-11-24-15-26-22/h2,4,6,8-13,15,21H,3,5,7,14H2,1H3,(H,27,28)(H,24,25,26). The summed E-state index contributed by atoms with van der Waals surface area (Å²) < 4.78 is 5.33. The SMILES string of the molecule is COc1ccc2c(c1)CCCC2NC(=O)c1cccc(CNc2ccncn2)c1. The molecule has 0 saturated carbocycles. The van der Waals surface area contributed by atoms with E-state index in [0.717, 1.165) is 36.4 Å². The maximum atomic E-state index is 12.9. The Hall–Kier alpha value is -3.41. The third-order valence-corrected chi connectivity index (χ3v) is 5.21. The summed E-state index contributed by atoms with van der Waals surface area (Å²) in [6.45, 7) is 0.587. The van der Waals surface area contributed by atoms with Gasteiger partial charge >= 0.3 is 0 Å². The van der Waals surface area contributed by atoms with Crippen LogP contribution in [-0.4, -0.2) is 23.0 Å². The van der Waals surface area contributed by atoms with Crippen molar-refractivity contribution in [3.05, 3.63) is 83.3 Å². The van der Waals surface area contributed by atoms with Crippen LogP contribution in [0.15, 0.2) is 61.1 Å². The molecule has 4 rings (SSSR count). The average molecular weight is 388 g/mol. The largest absolute Gasteiger partial charge is 0.497 e. The number of hydrogen-bond acceptors (Lipinski definition) is 5. The lowest BCUT2D eigenvalue weighted by molar-refractivity contribution is 0.0932. The van der Waals surface area contributed by atoms with Crippen molar-refractivity contribution in [2.24, 2.45) is 0 Å². The van der Waals surface area contributed by atoms with Crippen LogP contribution in [0.5, 0.6) is 5.75 Å². The molecule has 0 aliphatic heterocycles. The monoisotopic (exact) mass is 388 g/mol. The summed E-state index contributed by atoms with van der Waals surface area (Å²) in [4.78, 5) is 21.0. The third kappa shape index (κ3) is 4.54. The molecular weight excluding hydrogens is 364 g/mol. The molecule has 3 aromatic rings. The maximum Gasteiger partial charge on any atom is 0.251 e. The molecule has 0 spiro atoms. The molecule has 0 bridgehead atoms. The second kappa shape index (κ2) is 8.73. The first-order valence-electron chi connectivity index (χ1n) is 9.79. The molecule has 1 aliphatic carbocycles. The fourth-order valence-corrected chi connectivity index (χ4v) is 3.72. The Morgan fingerprint density at radius 2 is 2.14 bits per heavy atom. The van der Waals surface area contributed by atoms with Gasteiger partial charge in [-0.3, -0.25) is 4.79 Å². The van der Waals surface area contributed by atoms with E-state index in [4.69, 9.17) is 4.74 Å². The molecule has 1 amide bonds. The number of rotatable bonds is 6. The average Bonchev–Trinajstić information content (AvgIpc) is 2.78. The predicted octanol–water partition coefficient (Wildman–Crippen LogP) is 3.90. The summed E-state index contributed by atoms with van der Waals surface area (Å²) in [5.74, 6) is 1.56. The predicted molar refractivity (Wildman–Crippen MR) is 112 cm³/mol. The van der Waals surface area contributed by atoms with Gasteiger partial charge in [-0.25, -0.2) is 9.97 Å². The van der Waals surface area contributed by atoms with Crippen LogP contribution in [0.3, 0.4) is 0 Å².